The van der Waals surface area contributed by atoms with Crippen molar-refractivity contribution in [2.45, 2.75) is 19.6 Å². The fraction of sp³-hybridized carbons (Fsp3) is 0.200. The third-order valence-corrected chi connectivity index (χ3v) is 4.73. The van der Waals surface area contributed by atoms with Crippen LogP contribution in [0.15, 0.2) is 41.2 Å². The number of aromatic carboxylic acids is 1. The molecule has 0 saturated heterocycles. The van der Waals surface area contributed by atoms with E-state index in [1.807, 2.05) is 0 Å². The fourth-order valence-corrected chi connectivity index (χ4v) is 3.13. The van der Waals surface area contributed by atoms with Crippen molar-refractivity contribution in [2.24, 2.45) is 0 Å². The molecule has 1 aromatic heterocycles. The van der Waals surface area contributed by atoms with Crippen molar-refractivity contribution in [3.8, 4) is 11.4 Å². The Balaban J connectivity index is 2.07. The van der Waals surface area contributed by atoms with Gasteiger partial charge >= 0.3 is 17.8 Å². The summed E-state index contributed by atoms with van der Waals surface area (Å²) in [5.74, 6) is -4.64. The number of hydrogen-bond acceptors (Lipinski definition) is 5. The smallest absolute Gasteiger partial charge is 0.422 e. The Morgan fingerprint density at radius 1 is 1.24 bits per heavy atom. The van der Waals surface area contributed by atoms with Crippen LogP contribution in [0.1, 0.15) is 27.9 Å². The van der Waals surface area contributed by atoms with Gasteiger partial charge in [-0.15, -0.1) is 5.10 Å². The van der Waals surface area contributed by atoms with Gasteiger partial charge in [0.1, 0.15) is 11.6 Å². The molecule has 0 fully saturated rings. The first-order valence-electron chi connectivity index (χ1n) is 9.45. The first-order valence-corrected chi connectivity index (χ1v) is 9.83. The topological polar surface area (TPSA) is 115 Å². The van der Waals surface area contributed by atoms with Gasteiger partial charge in [-0.3, -0.25) is 9.36 Å². The number of amides is 1. The zero-order chi connectivity index (χ0) is 25.2. The molecule has 0 spiro atoms. The van der Waals surface area contributed by atoms with Gasteiger partial charge in [0, 0.05) is 12.6 Å². The van der Waals surface area contributed by atoms with E-state index in [0.717, 1.165) is 28.8 Å². The van der Waals surface area contributed by atoms with Gasteiger partial charge in [0.25, 0.3) is 5.91 Å². The normalized spacial score (nSPS) is 11.4. The molecule has 9 nitrogen and oxygen atoms in total. The van der Waals surface area contributed by atoms with Crippen LogP contribution in [0.2, 0.25) is 5.02 Å². The van der Waals surface area contributed by atoms with Crippen LogP contribution < -0.4 is 15.7 Å². The number of aromatic nitrogens is 3. The van der Waals surface area contributed by atoms with Crippen molar-refractivity contribution in [3.05, 3.63) is 69.1 Å². The largest absolute Gasteiger partial charge is 0.483 e. The van der Waals surface area contributed by atoms with Gasteiger partial charge in [0.2, 0.25) is 5.82 Å². The number of para-hydroxylation sites is 1. The number of hydrogen-bond donors (Lipinski definition) is 2. The second-order valence-corrected chi connectivity index (χ2v) is 7.11. The van der Waals surface area contributed by atoms with Crippen LogP contribution in [0, 0.1) is 5.82 Å². The summed E-state index contributed by atoms with van der Waals surface area (Å²) in [5, 5.41) is 14.9. The molecule has 34 heavy (non-hydrogen) atoms. The quantitative estimate of drug-likeness (QED) is 0.476. The van der Waals surface area contributed by atoms with Gasteiger partial charge < -0.3 is 15.2 Å². The molecule has 0 atom stereocenters. The molecular formula is C20H15ClF4N4O5. The van der Waals surface area contributed by atoms with Crippen LogP contribution >= 0.6 is 11.6 Å². The van der Waals surface area contributed by atoms with E-state index in [1.165, 1.54) is 19.1 Å². The predicted molar refractivity (Wildman–Crippen MR) is 111 cm³/mol. The van der Waals surface area contributed by atoms with Gasteiger partial charge in [-0.25, -0.2) is 14.0 Å². The summed E-state index contributed by atoms with van der Waals surface area (Å²) in [4.78, 5) is 36.6. The van der Waals surface area contributed by atoms with Crippen molar-refractivity contribution in [1.29, 1.82) is 0 Å². The molecule has 2 aromatic carbocycles. The van der Waals surface area contributed by atoms with Crippen LogP contribution in [0.4, 0.5) is 23.2 Å². The third kappa shape index (κ3) is 5.20. The Morgan fingerprint density at radius 3 is 2.50 bits per heavy atom. The second-order valence-electron chi connectivity index (χ2n) is 6.70. The van der Waals surface area contributed by atoms with E-state index in [-0.39, 0.29) is 17.3 Å². The number of halogens is 5. The fourth-order valence-electron chi connectivity index (χ4n) is 2.92. The molecule has 14 heteroatoms. The van der Waals surface area contributed by atoms with E-state index in [2.05, 4.69) is 10.4 Å². The van der Waals surface area contributed by atoms with Gasteiger partial charge in [0.05, 0.1) is 22.0 Å². The van der Waals surface area contributed by atoms with Crippen LogP contribution in [-0.4, -0.2) is 44.1 Å². The molecule has 0 aliphatic carbocycles. The summed E-state index contributed by atoms with van der Waals surface area (Å²) in [6.07, 6.45) is -4.77. The molecule has 0 bridgehead atoms. The zero-order valence-corrected chi connectivity index (χ0v) is 17.9. The number of carboxylic acid groups (broad SMARTS) is 1. The molecule has 180 valence electrons. The number of anilines is 1. The molecule has 2 N–H and O–H groups in total. The van der Waals surface area contributed by atoms with E-state index in [0.29, 0.717) is 4.68 Å². The maximum absolute atomic E-state index is 14.0. The molecular weight excluding hydrogens is 488 g/mol. The lowest BCUT2D eigenvalue weighted by Gasteiger charge is -2.15. The Kier molecular flexibility index (Phi) is 6.96. The first kappa shape index (κ1) is 24.8. The maximum Gasteiger partial charge on any atom is 0.422 e. The van der Waals surface area contributed by atoms with Gasteiger partial charge in [-0.05, 0) is 31.2 Å². The molecule has 0 radical (unpaired) electrons. The minimum Gasteiger partial charge on any atom is -0.483 e. The summed E-state index contributed by atoms with van der Waals surface area (Å²) in [6.45, 7) is -0.323. The number of rotatable bonds is 7. The Morgan fingerprint density at radius 2 is 1.94 bits per heavy atom. The number of nitrogens with zero attached hydrogens (tertiary/aromatic N) is 3. The second kappa shape index (κ2) is 9.55. The molecule has 0 saturated carbocycles. The van der Waals surface area contributed by atoms with Crippen molar-refractivity contribution in [1.82, 2.24) is 14.3 Å². The van der Waals surface area contributed by atoms with Gasteiger partial charge in [0.15, 0.2) is 6.61 Å². The van der Waals surface area contributed by atoms with E-state index in [1.54, 1.807) is 0 Å². The van der Waals surface area contributed by atoms with E-state index >= 15 is 0 Å². The van der Waals surface area contributed by atoms with Crippen LogP contribution in [-0.2, 0) is 6.54 Å². The summed E-state index contributed by atoms with van der Waals surface area (Å²) in [5.41, 5.74) is -1.88. The van der Waals surface area contributed by atoms with Gasteiger partial charge in [-0.2, -0.15) is 17.9 Å². The average molecular weight is 503 g/mol. The zero-order valence-electron chi connectivity index (χ0n) is 17.2. The Hall–Kier alpha value is -3.87. The van der Waals surface area contributed by atoms with Crippen molar-refractivity contribution in [2.75, 3.05) is 11.9 Å². The highest BCUT2D eigenvalue weighted by Gasteiger charge is 2.30. The summed E-state index contributed by atoms with van der Waals surface area (Å²) in [6, 6.07) is 6.66. The lowest BCUT2D eigenvalue weighted by molar-refractivity contribution is -0.153. The van der Waals surface area contributed by atoms with Gasteiger partial charge in [-0.1, -0.05) is 17.7 Å². The van der Waals surface area contributed by atoms with Crippen molar-refractivity contribution in [3.63, 3.8) is 0 Å². The number of carbonyl (C=O) groups is 2. The van der Waals surface area contributed by atoms with E-state index in [4.69, 9.17) is 16.3 Å². The predicted octanol–water partition coefficient (Wildman–Crippen LogP) is 3.74. The Labute approximate surface area is 193 Å². The number of carbonyl (C=O) groups excluding carboxylic acids is 1. The number of ether oxygens (including phenoxy) is 1. The standard InChI is InChI=1S/C20H15ClF4N4O5/c1-2-28-16(18(31)32)27-29(19(28)33)10-6-7-11(14(8-10)34-9-20(23,24)25)17(30)26-15-12(21)4-3-5-13(15)22/h3-8H,2,9H2,1H3,(H,26,30)(H,31,32). The molecule has 0 aliphatic rings. The molecule has 1 heterocycles. The third-order valence-electron chi connectivity index (χ3n) is 4.42. The van der Waals surface area contributed by atoms with Crippen LogP contribution in [0.3, 0.4) is 0 Å². The number of carboxylic acids is 1. The lowest BCUT2D eigenvalue weighted by atomic mass is 10.1. The highest BCUT2D eigenvalue weighted by atomic mass is 35.5. The summed E-state index contributed by atoms with van der Waals surface area (Å²) in [7, 11) is 0. The minimum atomic E-state index is -4.77. The van der Waals surface area contributed by atoms with Crippen molar-refractivity contribution >= 4 is 29.2 Å². The van der Waals surface area contributed by atoms with Crippen LogP contribution in [0.25, 0.3) is 5.69 Å². The number of nitrogens with one attached hydrogen (secondary N) is 1. The highest BCUT2D eigenvalue weighted by molar-refractivity contribution is 6.34. The summed E-state index contributed by atoms with van der Waals surface area (Å²) < 4.78 is 58.6. The summed E-state index contributed by atoms with van der Waals surface area (Å²) >= 11 is 5.87. The number of alkyl halides is 3. The first-order chi connectivity index (χ1) is 15.9. The number of benzene rings is 2. The van der Waals surface area contributed by atoms with E-state index in [9.17, 15) is 37.1 Å². The van der Waals surface area contributed by atoms with Crippen molar-refractivity contribution < 1.29 is 37.0 Å². The molecule has 1 amide bonds. The van der Waals surface area contributed by atoms with Crippen LogP contribution in [0.5, 0.6) is 5.75 Å². The highest BCUT2D eigenvalue weighted by Crippen LogP contribution is 2.29. The monoisotopic (exact) mass is 502 g/mol. The molecule has 3 aromatic rings. The SMILES string of the molecule is CCn1c(C(=O)O)nn(-c2ccc(C(=O)Nc3c(F)cccc3Cl)c(OCC(F)(F)F)c2)c1=O. The average Bonchev–Trinajstić information content (AvgIpc) is 3.10. The lowest BCUT2D eigenvalue weighted by Crippen LogP contribution is -2.25. The molecule has 0 aliphatic heterocycles. The van der Waals surface area contributed by atoms with E-state index < -0.39 is 59.0 Å². The Bertz CT molecular complexity index is 1300. The molecule has 0 unspecified atom stereocenters. The molecule has 3 rings (SSSR count). The minimum absolute atomic E-state index is 0.0399. The maximum atomic E-state index is 14.0.